The molecule has 2 atom stereocenters. The zero-order valence-electron chi connectivity index (χ0n) is 38.7. The average Bonchev–Trinajstić information content (AvgIpc) is 3.96. The second-order valence-electron chi connectivity index (χ2n) is 17.9. The van der Waals surface area contributed by atoms with Crippen molar-refractivity contribution in [1.29, 1.82) is 0 Å². The SMILES string of the molecule is CCCCCCCCCCCCCCCCCC(=O)OC[C@H](COP(=O)(O)OCC[N+](C)(C)CCC1(C)N=N1)OC(=O)CCCCCCCCCCCCCCCN=[N+]=[N-]. The van der Waals surface area contributed by atoms with E-state index in [0.29, 0.717) is 24.0 Å². The van der Waals surface area contributed by atoms with Gasteiger partial charge in [-0.15, -0.1) is 0 Å². The molecule has 0 spiro atoms. The number of phosphoric ester groups is 1. The molecule has 0 aliphatic carbocycles. The van der Waals surface area contributed by atoms with Gasteiger partial charge in [0.05, 0.1) is 27.2 Å². The van der Waals surface area contributed by atoms with Gasteiger partial charge >= 0.3 is 19.8 Å². The number of rotatable bonds is 45. The molecular formula is C45H88N6O8P+. The maximum absolute atomic E-state index is 12.8. The summed E-state index contributed by atoms with van der Waals surface area (Å²) in [6.07, 6.45) is 33.4. The highest BCUT2D eigenvalue weighted by molar-refractivity contribution is 7.47. The molecule has 0 bridgehead atoms. The van der Waals surface area contributed by atoms with Gasteiger partial charge in [-0.1, -0.05) is 173 Å². The van der Waals surface area contributed by atoms with Gasteiger partial charge in [0.25, 0.3) is 0 Å². The number of phosphoric acid groups is 1. The number of azide groups is 1. The van der Waals surface area contributed by atoms with Crippen LogP contribution in [0.15, 0.2) is 15.3 Å². The van der Waals surface area contributed by atoms with E-state index in [-0.39, 0.29) is 37.7 Å². The normalized spacial score (nSPS) is 14.7. The van der Waals surface area contributed by atoms with E-state index in [1.807, 2.05) is 21.0 Å². The molecule has 1 rings (SSSR count). The van der Waals surface area contributed by atoms with E-state index < -0.39 is 26.5 Å². The fraction of sp³-hybridized carbons (Fsp3) is 0.956. The summed E-state index contributed by atoms with van der Waals surface area (Å²) in [6, 6.07) is 0. The molecule has 0 saturated carbocycles. The van der Waals surface area contributed by atoms with Crippen molar-refractivity contribution in [3.05, 3.63) is 10.4 Å². The van der Waals surface area contributed by atoms with E-state index in [1.54, 1.807) is 0 Å². The molecule has 14 nitrogen and oxygen atoms in total. The Morgan fingerprint density at radius 2 is 1.10 bits per heavy atom. The molecule has 0 fully saturated rings. The molecule has 1 heterocycles. The molecule has 1 N–H and O–H groups in total. The Labute approximate surface area is 364 Å². The Hall–Kier alpha value is -2.08. The van der Waals surface area contributed by atoms with Crippen LogP contribution in [0.1, 0.15) is 213 Å². The fourth-order valence-electron chi connectivity index (χ4n) is 7.13. The van der Waals surface area contributed by atoms with Crippen molar-refractivity contribution in [3.8, 4) is 0 Å². The largest absolute Gasteiger partial charge is 0.472 e. The van der Waals surface area contributed by atoms with Crippen LogP contribution in [0.2, 0.25) is 0 Å². The molecule has 1 aliphatic heterocycles. The number of quaternary nitrogens is 1. The second kappa shape index (κ2) is 36.4. The van der Waals surface area contributed by atoms with Gasteiger partial charge in [-0.2, -0.15) is 10.2 Å². The van der Waals surface area contributed by atoms with Crippen LogP contribution >= 0.6 is 7.82 Å². The molecule has 0 saturated heterocycles. The fourth-order valence-corrected chi connectivity index (χ4v) is 7.87. The summed E-state index contributed by atoms with van der Waals surface area (Å²) in [5, 5.41) is 11.7. The summed E-state index contributed by atoms with van der Waals surface area (Å²) in [4.78, 5) is 38.6. The van der Waals surface area contributed by atoms with Crippen LogP contribution in [-0.4, -0.2) is 86.6 Å². The molecule has 0 amide bonds. The van der Waals surface area contributed by atoms with Crippen LogP contribution in [0.25, 0.3) is 10.4 Å². The van der Waals surface area contributed by atoms with E-state index in [9.17, 15) is 19.0 Å². The molecule has 15 heteroatoms. The van der Waals surface area contributed by atoms with Gasteiger partial charge in [0.2, 0.25) is 0 Å². The lowest BCUT2D eigenvalue weighted by Gasteiger charge is -2.30. The van der Waals surface area contributed by atoms with Crippen LogP contribution in [0.5, 0.6) is 0 Å². The molecule has 0 aromatic carbocycles. The first-order valence-corrected chi connectivity index (χ1v) is 25.6. The molecule has 60 heavy (non-hydrogen) atoms. The molecule has 0 radical (unpaired) electrons. The van der Waals surface area contributed by atoms with Crippen LogP contribution in [0.3, 0.4) is 0 Å². The quantitative estimate of drug-likeness (QED) is 0.0119. The number of likely N-dealkylation sites (N-methyl/N-ethyl adjacent to an activating group) is 1. The minimum Gasteiger partial charge on any atom is -0.462 e. The van der Waals surface area contributed by atoms with Gasteiger partial charge in [-0.3, -0.25) is 18.6 Å². The lowest BCUT2D eigenvalue weighted by Crippen LogP contribution is -2.44. The van der Waals surface area contributed by atoms with E-state index >= 15 is 0 Å². The summed E-state index contributed by atoms with van der Waals surface area (Å²) in [7, 11) is -0.443. The van der Waals surface area contributed by atoms with Gasteiger partial charge in [-0.05, 0) is 31.7 Å². The third-order valence-corrected chi connectivity index (χ3v) is 12.4. The van der Waals surface area contributed by atoms with Crippen molar-refractivity contribution in [3.63, 3.8) is 0 Å². The highest BCUT2D eigenvalue weighted by Gasteiger charge is 2.36. The molecule has 1 unspecified atom stereocenters. The monoisotopic (exact) mass is 872 g/mol. The minimum atomic E-state index is -4.46. The van der Waals surface area contributed by atoms with Gasteiger partial charge in [-0.25, -0.2) is 4.57 Å². The smallest absolute Gasteiger partial charge is 0.462 e. The Morgan fingerprint density at radius 3 is 1.55 bits per heavy atom. The summed E-state index contributed by atoms with van der Waals surface area (Å²) in [6.45, 7) is 5.39. The maximum Gasteiger partial charge on any atom is 0.472 e. The van der Waals surface area contributed by atoms with Crippen LogP contribution in [-0.2, 0) is 32.7 Å². The number of nitrogens with zero attached hydrogens (tertiary/aromatic N) is 6. The van der Waals surface area contributed by atoms with Crippen molar-refractivity contribution in [2.45, 2.75) is 225 Å². The minimum absolute atomic E-state index is 0.00722. The average molecular weight is 872 g/mol. The molecule has 1 aliphatic rings. The zero-order valence-corrected chi connectivity index (χ0v) is 39.6. The highest BCUT2D eigenvalue weighted by Crippen LogP contribution is 2.43. The van der Waals surface area contributed by atoms with E-state index in [1.165, 1.54) is 122 Å². The topological polar surface area (TPSA) is 182 Å². The van der Waals surface area contributed by atoms with Gasteiger partial charge in [0.15, 0.2) is 11.8 Å². The number of unbranched alkanes of at least 4 members (excludes halogenated alkanes) is 26. The van der Waals surface area contributed by atoms with Crippen LogP contribution < -0.4 is 0 Å². The van der Waals surface area contributed by atoms with Gasteiger partial charge in [0.1, 0.15) is 19.8 Å². The number of ether oxygens (including phenoxy) is 2. The molecule has 0 aromatic rings. The summed E-state index contributed by atoms with van der Waals surface area (Å²) in [5.41, 5.74) is 8.00. The van der Waals surface area contributed by atoms with Crippen LogP contribution in [0.4, 0.5) is 0 Å². The van der Waals surface area contributed by atoms with Crippen LogP contribution in [0, 0.1) is 0 Å². The summed E-state index contributed by atoms with van der Waals surface area (Å²) in [5.74, 6) is -0.829. The van der Waals surface area contributed by atoms with Crippen molar-refractivity contribution in [1.82, 2.24) is 0 Å². The van der Waals surface area contributed by atoms with Crippen molar-refractivity contribution in [2.24, 2.45) is 15.3 Å². The zero-order chi connectivity index (χ0) is 44.1. The predicted molar refractivity (Wildman–Crippen MR) is 240 cm³/mol. The Bertz CT molecular complexity index is 1210. The molecule has 0 aromatic heterocycles. The number of esters is 2. The van der Waals surface area contributed by atoms with Gasteiger partial charge < -0.3 is 18.9 Å². The number of hydrogen-bond acceptors (Lipinski definition) is 10. The summed E-state index contributed by atoms with van der Waals surface area (Å²) >= 11 is 0. The maximum atomic E-state index is 12.8. The molecule has 350 valence electrons. The Kier molecular flexibility index (Phi) is 33.9. The van der Waals surface area contributed by atoms with E-state index in [4.69, 9.17) is 24.1 Å². The lowest BCUT2D eigenvalue weighted by atomic mass is 10.0. The third kappa shape index (κ3) is 36.6. The number of hydrogen-bond donors (Lipinski definition) is 1. The highest BCUT2D eigenvalue weighted by atomic mass is 31.2. The first-order chi connectivity index (χ1) is 28.9. The Morgan fingerprint density at radius 1 is 0.667 bits per heavy atom. The predicted octanol–water partition coefficient (Wildman–Crippen LogP) is 13.3. The first-order valence-electron chi connectivity index (χ1n) is 24.1. The van der Waals surface area contributed by atoms with Crippen molar-refractivity contribution < 1.29 is 42.1 Å². The Balaban J connectivity index is 2.34. The third-order valence-electron chi connectivity index (χ3n) is 11.4. The van der Waals surface area contributed by atoms with E-state index in [0.717, 1.165) is 64.3 Å². The van der Waals surface area contributed by atoms with Crippen molar-refractivity contribution in [2.75, 3.05) is 53.6 Å². The van der Waals surface area contributed by atoms with E-state index in [2.05, 4.69) is 27.2 Å². The standard InChI is InChI=1S/C45H87N6O8P/c1-5-6-7-8-9-10-11-12-13-15-18-21-24-27-30-33-43(52)56-40-42(41-58-60(54,55)57-39-38-51(3,4)37-35-45(2)48-49-45)59-44(53)34-31-28-25-22-19-16-14-17-20-23-26-29-32-36-47-50-46/h42H,5-41H2,1-4H3/p+1/t42-/m1/s1. The first kappa shape index (κ1) is 55.9. The van der Waals surface area contributed by atoms with Crippen molar-refractivity contribution >= 4 is 19.8 Å². The number of carbonyl (C=O) groups is 2. The molecular weight excluding hydrogens is 784 g/mol. The summed E-state index contributed by atoms with van der Waals surface area (Å²) < 4.78 is 34.9. The lowest BCUT2D eigenvalue weighted by molar-refractivity contribution is -0.890. The second-order valence-corrected chi connectivity index (χ2v) is 19.4. The number of carbonyl (C=O) groups excluding carboxylic acids is 2. The van der Waals surface area contributed by atoms with Gasteiger partial charge in [0, 0.05) is 30.7 Å².